The summed E-state index contributed by atoms with van der Waals surface area (Å²) in [5.41, 5.74) is 11.3. The molecule has 0 saturated heterocycles. The van der Waals surface area contributed by atoms with Crippen molar-refractivity contribution in [1.82, 2.24) is 0 Å². The summed E-state index contributed by atoms with van der Waals surface area (Å²) in [7, 11) is 0. The zero-order valence-electron chi connectivity index (χ0n) is 28.7. The van der Waals surface area contributed by atoms with Crippen LogP contribution in [-0.2, 0) is 0 Å². The van der Waals surface area contributed by atoms with Crippen molar-refractivity contribution >= 4 is 82.5 Å². The average molecular weight is 678 g/mol. The molecule has 0 spiro atoms. The third-order valence-corrected chi connectivity index (χ3v) is 10.6. The van der Waals surface area contributed by atoms with Crippen molar-refractivity contribution in [2.24, 2.45) is 0 Å². The molecule has 11 aromatic rings. The highest BCUT2D eigenvalue weighted by Crippen LogP contribution is 2.47. The van der Waals surface area contributed by atoms with Gasteiger partial charge in [-0.3, -0.25) is 0 Å². The minimum Gasteiger partial charge on any atom is -0.456 e. The first-order valence-electron chi connectivity index (χ1n) is 18.0. The quantitative estimate of drug-likeness (QED) is 0.182. The Kier molecular flexibility index (Phi) is 6.55. The topological polar surface area (TPSA) is 29.5 Å². The van der Waals surface area contributed by atoms with Gasteiger partial charge in [-0.05, 0) is 93.5 Å². The van der Waals surface area contributed by atoms with Gasteiger partial charge in [0.2, 0.25) is 0 Å². The Bertz CT molecular complexity index is 3180. The van der Waals surface area contributed by atoms with E-state index in [0.717, 1.165) is 82.8 Å². The molecule has 0 radical (unpaired) electrons. The van der Waals surface area contributed by atoms with E-state index in [1.165, 1.54) is 21.9 Å². The SMILES string of the molecule is c1ccc(N(c2ccc(-c3ccc4ccccc4c3)cc2)c2cccc3oc4c5ccccc5ccc4c23)c(-c2ccc3oc4ccccc4c3c2)c1. The fourth-order valence-electron chi connectivity index (χ4n) is 8.11. The molecular formula is C50H31NO2. The number of hydrogen-bond donors (Lipinski definition) is 0. The molecule has 0 aliphatic heterocycles. The van der Waals surface area contributed by atoms with Gasteiger partial charge >= 0.3 is 0 Å². The van der Waals surface area contributed by atoms with Crippen LogP contribution < -0.4 is 4.90 Å². The molecule has 0 aliphatic carbocycles. The molecule has 2 heterocycles. The predicted molar refractivity (Wildman–Crippen MR) is 222 cm³/mol. The van der Waals surface area contributed by atoms with Gasteiger partial charge in [-0.1, -0.05) is 127 Å². The highest BCUT2D eigenvalue weighted by molar-refractivity contribution is 6.20. The summed E-state index contributed by atoms with van der Waals surface area (Å²) in [6.45, 7) is 0. The second kappa shape index (κ2) is 11.7. The van der Waals surface area contributed by atoms with Crippen LogP contribution in [0.2, 0.25) is 0 Å². The third kappa shape index (κ3) is 4.75. The van der Waals surface area contributed by atoms with Crippen LogP contribution in [0.5, 0.6) is 0 Å². The highest BCUT2D eigenvalue weighted by Gasteiger charge is 2.23. The van der Waals surface area contributed by atoms with Gasteiger partial charge in [-0.25, -0.2) is 0 Å². The molecule has 0 fully saturated rings. The second-order valence-electron chi connectivity index (χ2n) is 13.7. The number of fused-ring (bicyclic) bond motifs is 9. The van der Waals surface area contributed by atoms with E-state index in [2.05, 4.69) is 181 Å². The fraction of sp³-hybridized carbons (Fsp3) is 0. The first-order valence-corrected chi connectivity index (χ1v) is 18.0. The molecule has 0 atom stereocenters. The first kappa shape index (κ1) is 29.6. The van der Waals surface area contributed by atoms with Gasteiger partial charge in [0, 0.05) is 32.8 Å². The molecule has 2 aromatic heterocycles. The van der Waals surface area contributed by atoms with Gasteiger partial charge in [-0.15, -0.1) is 0 Å². The van der Waals surface area contributed by atoms with Crippen LogP contribution in [0, 0.1) is 0 Å². The number of hydrogen-bond acceptors (Lipinski definition) is 3. The van der Waals surface area contributed by atoms with Gasteiger partial charge in [-0.2, -0.15) is 0 Å². The second-order valence-corrected chi connectivity index (χ2v) is 13.7. The fourth-order valence-corrected chi connectivity index (χ4v) is 8.11. The number of anilines is 3. The average Bonchev–Trinajstić information content (AvgIpc) is 3.80. The van der Waals surface area contributed by atoms with Crippen LogP contribution in [0.25, 0.3) is 87.7 Å². The van der Waals surface area contributed by atoms with Gasteiger partial charge in [0.15, 0.2) is 0 Å². The van der Waals surface area contributed by atoms with E-state index in [-0.39, 0.29) is 0 Å². The number of nitrogens with zero attached hydrogens (tertiary/aromatic N) is 1. The standard InChI is InChI=1S/C50H31NO2/c1-2-12-35-30-36(21-20-32(35)10-1)33-22-26-38(27-23-33)51(45-17-9-19-48-49(45)42-28-24-34-11-3-4-14-40(34)50(42)53-48)44-16-7-5-13-39(44)37-25-29-47-43(31-37)41-15-6-8-18-46(41)52-47/h1-31H. The summed E-state index contributed by atoms with van der Waals surface area (Å²) in [6, 6.07) is 66.9. The van der Waals surface area contributed by atoms with Crippen molar-refractivity contribution < 1.29 is 8.83 Å². The normalized spacial score (nSPS) is 11.8. The monoisotopic (exact) mass is 677 g/mol. The van der Waals surface area contributed by atoms with E-state index >= 15 is 0 Å². The van der Waals surface area contributed by atoms with E-state index in [4.69, 9.17) is 8.83 Å². The van der Waals surface area contributed by atoms with Gasteiger partial charge < -0.3 is 13.7 Å². The van der Waals surface area contributed by atoms with Gasteiger partial charge in [0.1, 0.15) is 22.3 Å². The Morgan fingerprint density at radius 3 is 1.91 bits per heavy atom. The molecular weight excluding hydrogens is 647 g/mol. The number of para-hydroxylation sites is 2. The molecule has 0 saturated carbocycles. The first-order chi connectivity index (χ1) is 26.3. The zero-order valence-corrected chi connectivity index (χ0v) is 28.7. The van der Waals surface area contributed by atoms with E-state index in [9.17, 15) is 0 Å². The molecule has 0 N–H and O–H groups in total. The lowest BCUT2D eigenvalue weighted by molar-refractivity contribution is 0.669. The van der Waals surface area contributed by atoms with Crippen molar-refractivity contribution in [2.75, 3.05) is 4.90 Å². The molecule has 0 amide bonds. The zero-order chi connectivity index (χ0) is 34.9. The predicted octanol–water partition coefficient (Wildman–Crippen LogP) is 14.6. The minimum atomic E-state index is 0.857. The van der Waals surface area contributed by atoms with Crippen LogP contribution in [-0.4, -0.2) is 0 Å². The van der Waals surface area contributed by atoms with Crippen LogP contribution in [0.3, 0.4) is 0 Å². The molecule has 9 aromatic carbocycles. The molecule has 3 heteroatoms. The summed E-state index contributed by atoms with van der Waals surface area (Å²) in [4.78, 5) is 2.39. The summed E-state index contributed by atoms with van der Waals surface area (Å²) < 4.78 is 12.9. The maximum Gasteiger partial charge on any atom is 0.143 e. The summed E-state index contributed by atoms with van der Waals surface area (Å²) in [6.07, 6.45) is 0. The Morgan fingerprint density at radius 1 is 0.340 bits per heavy atom. The van der Waals surface area contributed by atoms with Crippen molar-refractivity contribution in [3.05, 3.63) is 188 Å². The molecule has 0 unspecified atom stereocenters. The molecule has 248 valence electrons. The lowest BCUT2D eigenvalue weighted by Crippen LogP contribution is -2.11. The summed E-state index contributed by atoms with van der Waals surface area (Å²) in [5.74, 6) is 0. The molecule has 0 aliphatic rings. The molecule has 11 rings (SSSR count). The van der Waals surface area contributed by atoms with Crippen molar-refractivity contribution in [2.45, 2.75) is 0 Å². The Labute approximate surface area is 305 Å². The largest absolute Gasteiger partial charge is 0.456 e. The van der Waals surface area contributed by atoms with Crippen LogP contribution in [0.15, 0.2) is 197 Å². The minimum absolute atomic E-state index is 0.857. The van der Waals surface area contributed by atoms with Crippen LogP contribution in [0.1, 0.15) is 0 Å². The van der Waals surface area contributed by atoms with Crippen molar-refractivity contribution in [3.63, 3.8) is 0 Å². The Hall–Kier alpha value is -7.10. The van der Waals surface area contributed by atoms with Crippen molar-refractivity contribution in [3.8, 4) is 22.3 Å². The van der Waals surface area contributed by atoms with Crippen molar-refractivity contribution in [1.29, 1.82) is 0 Å². The highest BCUT2D eigenvalue weighted by atomic mass is 16.3. The Balaban J connectivity index is 1.14. The lowest BCUT2D eigenvalue weighted by atomic mass is 9.98. The lowest BCUT2D eigenvalue weighted by Gasteiger charge is -2.28. The van der Waals surface area contributed by atoms with Gasteiger partial charge in [0.25, 0.3) is 0 Å². The van der Waals surface area contributed by atoms with E-state index in [1.807, 2.05) is 12.1 Å². The number of benzene rings is 9. The van der Waals surface area contributed by atoms with E-state index in [0.29, 0.717) is 0 Å². The Morgan fingerprint density at radius 2 is 1.00 bits per heavy atom. The third-order valence-electron chi connectivity index (χ3n) is 10.6. The number of furan rings is 2. The van der Waals surface area contributed by atoms with E-state index < -0.39 is 0 Å². The van der Waals surface area contributed by atoms with E-state index in [1.54, 1.807) is 0 Å². The molecule has 53 heavy (non-hydrogen) atoms. The van der Waals surface area contributed by atoms with Crippen LogP contribution >= 0.6 is 0 Å². The van der Waals surface area contributed by atoms with Crippen LogP contribution in [0.4, 0.5) is 17.1 Å². The molecule has 0 bridgehead atoms. The maximum atomic E-state index is 6.70. The summed E-state index contributed by atoms with van der Waals surface area (Å²) >= 11 is 0. The smallest absolute Gasteiger partial charge is 0.143 e. The van der Waals surface area contributed by atoms with Gasteiger partial charge in [0.05, 0.1) is 16.8 Å². The molecule has 3 nitrogen and oxygen atoms in total. The number of rotatable bonds is 5. The summed E-state index contributed by atoms with van der Waals surface area (Å²) in [5, 5.41) is 9.14. The maximum absolute atomic E-state index is 6.70.